The molecule has 0 unspecified atom stereocenters. The molecule has 68 valence electrons. The van der Waals surface area contributed by atoms with E-state index in [0.717, 1.165) is 0 Å². The summed E-state index contributed by atoms with van der Waals surface area (Å²) in [4.78, 5) is 10.8. The maximum absolute atomic E-state index is 10.8. The molecule has 0 heterocycles. The third kappa shape index (κ3) is 7.38. The van der Waals surface area contributed by atoms with Crippen molar-refractivity contribution < 1.29 is 14.3 Å². The Hall–Kier alpha value is -0.730. The van der Waals surface area contributed by atoms with E-state index in [1.54, 1.807) is 0 Å². The van der Waals surface area contributed by atoms with Crippen molar-refractivity contribution in [1.29, 1.82) is 5.26 Å². The first kappa shape index (κ1) is 11.3. The van der Waals surface area contributed by atoms with Gasteiger partial charge in [-0.2, -0.15) is 5.26 Å². The molecule has 0 radical (unpaired) electrons. The summed E-state index contributed by atoms with van der Waals surface area (Å²) in [5.74, 6) is 0.253. The fourth-order valence-corrected chi connectivity index (χ4v) is 0.904. The normalized spacial score (nSPS) is 9.00. The van der Waals surface area contributed by atoms with Crippen LogP contribution in [0.2, 0.25) is 0 Å². The SMILES string of the molecule is COCCOC(=O)CSCC#N. The zero-order chi connectivity index (χ0) is 9.23. The van der Waals surface area contributed by atoms with Gasteiger partial charge in [-0.25, -0.2) is 0 Å². The number of nitriles is 1. The number of rotatable bonds is 6. The molecule has 0 spiro atoms. The predicted octanol–water partition coefficient (Wildman–Crippen LogP) is 0.433. The number of thioether (sulfide) groups is 1. The van der Waals surface area contributed by atoms with Gasteiger partial charge in [0, 0.05) is 7.11 Å². The molecule has 0 amide bonds. The van der Waals surface area contributed by atoms with Gasteiger partial charge in [0.15, 0.2) is 0 Å². The summed E-state index contributed by atoms with van der Waals surface area (Å²) < 4.78 is 9.42. The van der Waals surface area contributed by atoms with Crippen LogP contribution in [0.15, 0.2) is 0 Å². The van der Waals surface area contributed by atoms with E-state index in [1.165, 1.54) is 18.9 Å². The Morgan fingerprint density at radius 3 is 2.92 bits per heavy atom. The third-order valence-electron chi connectivity index (χ3n) is 0.937. The van der Waals surface area contributed by atoms with Crippen LogP contribution >= 0.6 is 11.8 Å². The predicted molar refractivity (Wildman–Crippen MR) is 45.8 cm³/mol. The van der Waals surface area contributed by atoms with Crippen LogP contribution in [0.25, 0.3) is 0 Å². The van der Waals surface area contributed by atoms with Gasteiger partial charge in [-0.15, -0.1) is 11.8 Å². The molecule has 0 saturated carbocycles. The van der Waals surface area contributed by atoms with Gasteiger partial charge in [0.25, 0.3) is 0 Å². The number of esters is 1. The number of hydrogen-bond acceptors (Lipinski definition) is 5. The Bertz CT molecular complexity index is 167. The van der Waals surface area contributed by atoms with Gasteiger partial charge in [0.2, 0.25) is 0 Å². The fourth-order valence-electron chi connectivity index (χ4n) is 0.461. The van der Waals surface area contributed by atoms with E-state index in [2.05, 4.69) is 4.74 Å². The van der Waals surface area contributed by atoms with Gasteiger partial charge >= 0.3 is 5.97 Å². The average Bonchev–Trinajstić information content (AvgIpc) is 2.06. The van der Waals surface area contributed by atoms with Crippen LogP contribution in [0.5, 0.6) is 0 Å². The van der Waals surface area contributed by atoms with Crippen LogP contribution in [0, 0.1) is 11.3 Å². The van der Waals surface area contributed by atoms with Crippen molar-refractivity contribution in [2.75, 3.05) is 31.8 Å². The zero-order valence-electron chi connectivity index (χ0n) is 6.91. The maximum Gasteiger partial charge on any atom is 0.316 e. The minimum atomic E-state index is -0.299. The van der Waals surface area contributed by atoms with Crippen LogP contribution in [0.1, 0.15) is 0 Å². The molecule has 5 heteroatoms. The Balaban J connectivity index is 3.17. The van der Waals surface area contributed by atoms with Gasteiger partial charge in [-0.05, 0) is 0 Å². The molecule has 0 saturated heterocycles. The first-order valence-corrected chi connectivity index (χ1v) is 4.56. The maximum atomic E-state index is 10.8. The average molecular weight is 189 g/mol. The van der Waals surface area contributed by atoms with Crippen molar-refractivity contribution in [3.63, 3.8) is 0 Å². The molecule has 0 aliphatic rings. The summed E-state index contributed by atoms with van der Waals surface area (Å²) in [5, 5.41) is 8.15. The summed E-state index contributed by atoms with van der Waals surface area (Å²) in [6.45, 7) is 0.692. The van der Waals surface area contributed by atoms with Crippen molar-refractivity contribution in [1.82, 2.24) is 0 Å². The molecule has 0 fully saturated rings. The highest BCUT2D eigenvalue weighted by Crippen LogP contribution is 1.98. The van der Waals surface area contributed by atoms with Gasteiger partial charge in [-0.3, -0.25) is 4.79 Å². The van der Waals surface area contributed by atoms with E-state index in [9.17, 15) is 4.79 Å². The van der Waals surface area contributed by atoms with Crippen molar-refractivity contribution in [2.24, 2.45) is 0 Å². The lowest BCUT2D eigenvalue weighted by atomic mass is 10.7. The number of ether oxygens (including phenoxy) is 2. The summed E-state index contributed by atoms with van der Waals surface area (Å²) in [6, 6.07) is 1.92. The highest BCUT2D eigenvalue weighted by atomic mass is 32.2. The molecule has 0 atom stereocenters. The zero-order valence-corrected chi connectivity index (χ0v) is 7.73. The van der Waals surface area contributed by atoms with Crippen molar-refractivity contribution >= 4 is 17.7 Å². The van der Waals surface area contributed by atoms with Crippen LogP contribution in [-0.4, -0.2) is 37.8 Å². The smallest absolute Gasteiger partial charge is 0.316 e. The number of methoxy groups -OCH3 is 1. The Morgan fingerprint density at radius 1 is 1.58 bits per heavy atom. The Labute approximate surface area is 75.8 Å². The molecule has 0 rings (SSSR count). The molecule has 0 aliphatic carbocycles. The van der Waals surface area contributed by atoms with Gasteiger partial charge < -0.3 is 9.47 Å². The molecule has 0 N–H and O–H groups in total. The molecule has 4 nitrogen and oxygen atoms in total. The first-order chi connectivity index (χ1) is 5.81. The number of carbonyl (C=O) groups excluding carboxylic acids is 1. The van der Waals surface area contributed by atoms with E-state index >= 15 is 0 Å². The quantitative estimate of drug-likeness (QED) is 0.448. The van der Waals surface area contributed by atoms with Crippen molar-refractivity contribution in [2.45, 2.75) is 0 Å². The van der Waals surface area contributed by atoms with E-state index in [4.69, 9.17) is 10.00 Å². The number of hydrogen-bond donors (Lipinski definition) is 0. The lowest BCUT2D eigenvalue weighted by Gasteiger charge is -2.01. The van der Waals surface area contributed by atoms with Crippen molar-refractivity contribution in [3.05, 3.63) is 0 Å². The van der Waals surface area contributed by atoms with Crippen LogP contribution in [-0.2, 0) is 14.3 Å². The van der Waals surface area contributed by atoms with Crippen LogP contribution in [0.3, 0.4) is 0 Å². The molecule has 0 aromatic carbocycles. The first-order valence-electron chi connectivity index (χ1n) is 3.40. The molecule has 0 aromatic heterocycles. The molecular formula is C7H11NO3S. The largest absolute Gasteiger partial charge is 0.463 e. The molecule has 0 aromatic rings. The van der Waals surface area contributed by atoms with Crippen LogP contribution in [0.4, 0.5) is 0 Å². The standard InChI is InChI=1S/C7H11NO3S/c1-10-3-4-11-7(9)6-12-5-2-8/h3-6H2,1H3. The van der Waals surface area contributed by atoms with Gasteiger partial charge in [0.05, 0.1) is 24.2 Å². The number of nitrogens with zero attached hydrogens (tertiary/aromatic N) is 1. The van der Waals surface area contributed by atoms with Crippen LogP contribution < -0.4 is 0 Å². The van der Waals surface area contributed by atoms with Crippen molar-refractivity contribution in [3.8, 4) is 6.07 Å². The monoisotopic (exact) mass is 189 g/mol. The van der Waals surface area contributed by atoms with E-state index in [1.807, 2.05) is 6.07 Å². The van der Waals surface area contributed by atoms with E-state index < -0.39 is 0 Å². The van der Waals surface area contributed by atoms with E-state index in [-0.39, 0.29) is 18.3 Å². The minimum absolute atomic E-state index is 0.233. The number of carbonyl (C=O) groups is 1. The van der Waals surface area contributed by atoms with Gasteiger partial charge in [0.1, 0.15) is 6.61 Å². The second-order valence-corrected chi connectivity index (χ2v) is 2.85. The lowest BCUT2D eigenvalue weighted by Crippen LogP contribution is -2.11. The summed E-state index contributed by atoms with van der Waals surface area (Å²) in [5.41, 5.74) is 0. The summed E-state index contributed by atoms with van der Waals surface area (Å²) in [6.07, 6.45) is 0. The Kier molecular flexibility index (Phi) is 7.86. The summed E-state index contributed by atoms with van der Waals surface area (Å²) in [7, 11) is 1.54. The molecular weight excluding hydrogens is 178 g/mol. The fraction of sp³-hybridized carbons (Fsp3) is 0.714. The second kappa shape index (κ2) is 8.37. The highest BCUT2D eigenvalue weighted by Gasteiger charge is 2.01. The minimum Gasteiger partial charge on any atom is -0.463 e. The Morgan fingerprint density at radius 2 is 2.33 bits per heavy atom. The second-order valence-electron chi connectivity index (χ2n) is 1.86. The van der Waals surface area contributed by atoms with E-state index in [0.29, 0.717) is 12.4 Å². The molecule has 0 bridgehead atoms. The molecule has 0 aliphatic heterocycles. The topological polar surface area (TPSA) is 59.3 Å². The highest BCUT2D eigenvalue weighted by molar-refractivity contribution is 8.00. The lowest BCUT2D eigenvalue weighted by molar-refractivity contribution is -0.141. The summed E-state index contributed by atoms with van der Waals surface area (Å²) >= 11 is 1.24. The third-order valence-corrected chi connectivity index (χ3v) is 1.71. The molecule has 12 heavy (non-hydrogen) atoms. The van der Waals surface area contributed by atoms with Gasteiger partial charge in [-0.1, -0.05) is 0 Å².